The highest BCUT2D eigenvalue weighted by Crippen LogP contribution is 2.25. The third kappa shape index (κ3) is 10.2. The summed E-state index contributed by atoms with van der Waals surface area (Å²) in [4.78, 5) is 60.5. The number of ether oxygens (including phenoxy) is 2. The maximum atomic E-state index is 12.8. The number of amides is 4. The molecule has 0 aromatic carbocycles. The van der Waals surface area contributed by atoms with E-state index in [0.717, 1.165) is 6.20 Å². The van der Waals surface area contributed by atoms with Gasteiger partial charge in [-0.25, -0.2) is 0 Å². The zero-order chi connectivity index (χ0) is 29.9. The maximum Gasteiger partial charge on any atom is 0.303 e. The lowest BCUT2D eigenvalue weighted by molar-refractivity contribution is -0.214. The first-order valence-electron chi connectivity index (χ1n) is 12.2. The van der Waals surface area contributed by atoms with E-state index < -0.39 is 104 Å². The summed E-state index contributed by atoms with van der Waals surface area (Å²) < 4.78 is 11.2. The molecule has 1 aliphatic rings. The first-order valence-corrected chi connectivity index (χ1v) is 12.2. The molecule has 9 N–H and O–H groups in total. The van der Waals surface area contributed by atoms with Crippen LogP contribution in [0, 0.1) is 0 Å². The second-order valence-corrected chi connectivity index (χ2v) is 8.97. The molecule has 1 heterocycles. The van der Waals surface area contributed by atoms with Gasteiger partial charge in [0.2, 0.25) is 17.7 Å². The quantitative estimate of drug-likeness (QED) is 0.0922. The number of carbonyl (C=O) groups is 5. The van der Waals surface area contributed by atoms with Crippen molar-refractivity contribution >= 4 is 29.6 Å². The fraction of sp³-hybridized carbons (Fsp3) is 0.696. The van der Waals surface area contributed by atoms with Crippen molar-refractivity contribution in [1.29, 1.82) is 0 Å². The SMILES string of the molecule is C=CNC(=O)[C@@H](CCC(=O)O)NC(=O)[C@H](C)NC(=O)[C@@H](C)OC1C(O)C(CO)OC(C)C1NC(=O)[C@H](O)CO. The van der Waals surface area contributed by atoms with Crippen LogP contribution < -0.4 is 21.3 Å². The van der Waals surface area contributed by atoms with Crippen LogP contribution in [0.5, 0.6) is 0 Å². The molecule has 0 saturated carbocycles. The molecule has 4 amide bonds. The lowest BCUT2D eigenvalue weighted by Gasteiger charge is -2.44. The Morgan fingerprint density at radius 2 is 1.69 bits per heavy atom. The summed E-state index contributed by atoms with van der Waals surface area (Å²) in [6.45, 7) is 5.97. The lowest BCUT2D eigenvalue weighted by atomic mass is 9.92. The summed E-state index contributed by atoms with van der Waals surface area (Å²) in [5, 5.41) is 57.1. The summed E-state index contributed by atoms with van der Waals surface area (Å²) in [6, 6.07) is -3.52. The molecule has 222 valence electrons. The van der Waals surface area contributed by atoms with Gasteiger partial charge in [0.05, 0.1) is 25.4 Å². The van der Waals surface area contributed by atoms with Crippen LogP contribution in [0.4, 0.5) is 0 Å². The van der Waals surface area contributed by atoms with Gasteiger partial charge in [0, 0.05) is 6.42 Å². The molecule has 16 heteroatoms. The molecule has 16 nitrogen and oxygen atoms in total. The Balaban J connectivity index is 2.92. The third-order valence-electron chi connectivity index (χ3n) is 5.94. The van der Waals surface area contributed by atoms with Gasteiger partial charge >= 0.3 is 5.97 Å². The van der Waals surface area contributed by atoms with E-state index in [-0.39, 0.29) is 6.42 Å². The zero-order valence-corrected chi connectivity index (χ0v) is 21.9. The van der Waals surface area contributed by atoms with Crippen molar-refractivity contribution in [3.8, 4) is 0 Å². The number of carboxylic acids is 1. The Morgan fingerprint density at radius 3 is 2.23 bits per heavy atom. The summed E-state index contributed by atoms with van der Waals surface area (Å²) in [6.07, 6.45) is -7.44. The Labute approximate surface area is 224 Å². The van der Waals surface area contributed by atoms with Gasteiger partial charge in [-0.2, -0.15) is 0 Å². The average Bonchev–Trinajstić information content (AvgIpc) is 2.89. The molecule has 0 aliphatic carbocycles. The molecule has 0 aromatic rings. The average molecular weight is 563 g/mol. The highest BCUT2D eigenvalue weighted by atomic mass is 16.6. The Kier molecular flexibility index (Phi) is 14.0. The van der Waals surface area contributed by atoms with Gasteiger partial charge in [0.15, 0.2) is 6.10 Å². The summed E-state index contributed by atoms with van der Waals surface area (Å²) >= 11 is 0. The van der Waals surface area contributed by atoms with Crippen LogP contribution in [-0.4, -0.2) is 123 Å². The summed E-state index contributed by atoms with van der Waals surface area (Å²) in [7, 11) is 0. The van der Waals surface area contributed by atoms with Gasteiger partial charge in [-0.05, 0) is 33.4 Å². The largest absolute Gasteiger partial charge is 0.481 e. The highest BCUT2D eigenvalue weighted by Gasteiger charge is 2.46. The van der Waals surface area contributed by atoms with Crippen LogP contribution in [0.25, 0.3) is 0 Å². The van der Waals surface area contributed by atoms with E-state index in [1.165, 1.54) is 20.8 Å². The molecule has 1 saturated heterocycles. The highest BCUT2D eigenvalue weighted by molar-refractivity contribution is 5.93. The van der Waals surface area contributed by atoms with Gasteiger partial charge in [-0.3, -0.25) is 24.0 Å². The van der Waals surface area contributed by atoms with Crippen molar-refractivity contribution in [1.82, 2.24) is 21.3 Å². The third-order valence-corrected chi connectivity index (χ3v) is 5.94. The zero-order valence-electron chi connectivity index (χ0n) is 21.9. The van der Waals surface area contributed by atoms with Gasteiger partial charge in [0.25, 0.3) is 5.91 Å². The topological polar surface area (TPSA) is 253 Å². The second kappa shape index (κ2) is 16.1. The molecule has 1 aliphatic heterocycles. The smallest absolute Gasteiger partial charge is 0.303 e. The molecule has 0 bridgehead atoms. The van der Waals surface area contributed by atoms with Crippen molar-refractivity contribution in [2.24, 2.45) is 0 Å². The van der Waals surface area contributed by atoms with Crippen LogP contribution in [0.15, 0.2) is 12.8 Å². The number of carbonyl (C=O) groups excluding carboxylic acids is 4. The molecule has 0 spiro atoms. The number of aliphatic hydroxyl groups excluding tert-OH is 4. The Hall–Kier alpha value is -3.15. The van der Waals surface area contributed by atoms with Crippen LogP contribution in [-0.2, 0) is 33.4 Å². The van der Waals surface area contributed by atoms with Gasteiger partial charge in [-0.1, -0.05) is 6.58 Å². The number of carboxylic acid groups (broad SMARTS) is 1. The first kappa shape index (κ1) is 33.9. The van der Waals surface area contributed by atoms with Crippen LogP contribution >= 0.6 is 0 Å². The number of aliphatic hydroxyl groups is 4. The van der Waals surface area contributed by atoms with Crippen LogP contribution in [0.3, 0.4) is 0 Å². The molecule has 39 heavy (non-hydrogen) atoms. The normalized spacial score (nSPS) is 25.8. The number of hydrogen-bond acceptors (Lipinski definition) is 11. The minimum atomic E-state index is -1.77. The van der Waals surface area contributed by atoms with Crippen molar-refractivity contribution in [2.45, 2.75) is 88.4 Å². The Morgan fingerprint density at radius 1 is 1.05 bits per heavy atom. The van der Waals surface area contributed by atoms with Crippen molar-refractivity contribution in [3.63, 3.8) is 0 Å². The van der Waals surface area contributed by atoms with E-state index in [0.29, 0.717) is 0 Å². The lowest BCUT2D eigenvalue weighted by Crippen LogP contribution is -2.66. The minimum absolute atomic E-state index is 0.217. The number of hydrogen-bond donors (Lipinski definition) is 9. The van der Waals surface area contributed by atoms with Crippen LogP contribution in [0.1, 0.15) is 33.6 Å². The van der Waals surface area contributed by atoms with Crippen molar-refractivity contribution in [3.05, 3.63) is 12.8 Å². The molecule has 0 radical (unpaired) electrons. The minimum Gasteiger partial charge on any atom is -0.481 e. The molecular formula is C23H38N4O12. The standard InChI is InChI=1S/C23H38N4O12/c1-5-24-22(36)13(6-7-16(31)32)26-20(34)10(2)25-21(35)12(4)39-19-17(27-23(37)14(30)8-28)11(3)38-15(9-29)18(19)33/h5,10-15,17-19,28-30,33H,1,6-9H2,2-4H3,(H,24,36)(H,25,35)(H,26,34)(H,27,37)(H,31,32)/t10-,11?,12+,13+,14+,15?,17?,18?,19?/m0/s1. The molecule has 1 rings (SSSR count). The molecule has 0 aromatic heterocycles. The fourth-order valence-electron chi connectivity index (χ4n) is 3.72. The van der Waals surface area contributed by atoms with Crippen molar-refractivity contribution in [2.75, 3.05) is 13.2 Å². The molecular weight excluding hydrogens is 524 g/mol. The summed E-state index contributed by atoms with van der Waals surface area (Å²) in [5.41, 5.74) is 0. The number of nitrogens with one attached hydrogen (secondary N) is 4. The van der Waals surface area contributed by atoms with Crippen LogP contribution in [0.2, 0.25) is 0 Å². The predicted octanol–water partition coefficient (Wildman–Crippen LogP) is -4.15. The second-order valence-electron chi connectivity index (χ2n) is 8.97. The van der Waals surface area contributed by atoms with E-state index in [1.807, 2.05) is 0 Å². The Bertz CT molecular complexity index is 887. The van der Waals surface area contributed by atoms with Crippen molar-refractivity contribution < 1.29 is 59.0 Å². The van der Waals surface area contributed by atoms with Gasteiger partial charge in [0.1, 0.15) is 36.5 Å². The van der Waals surface area contributed by atoms with Gasteiger partial charge < -0.3 is 56.3 Å². The monoisotopic (exact) mass is 562 g/mol. The first-order chi connectivity index (χ1) is 18.3. The molecule has 5 unspecified atom stereocenters. The van der Waals surface area contributed by atoms with Gasteiger partial charge in [-0.15, -0.1) is 0 Å². The number of rotatable bonds is 15. The maximum absolute atomic E-state index is 12.8. The predicted molar refractivity (Wildman–Crippen MR) is 132 cm³/mol. The molecule has 1 fully saturated rings. The fourth-order valence-corrected chi connectivity index (χ4v) is 3.72. The summed E-state index contributed by atoms with van der Waals surface area (Å²) in [5.74, 6) is -4.48. The van der Waals surface area contributed by atoms with E-state index >= 15 is 0 Å². The molecule has 9 atom stereocenters. The van der Waals surface area contributed by atoms with E-state index in [1.54, 1.807) is 0 Å². The van der Waals surface area contributed by atoms with E-state index in [2.05, 4.69) is 27.8 Å². The van der Waals surface area contributed by atoms with E-state index in [4.69, 9.17) is 19.7 Å². The number of aliphatic carboxylic acids is 1. The van der Waals surface area contributed by atoms with E-state index in [9.17, 15) is 39.3 Å².